The van der Waals surface area contributed by atoms with Crippen molar-refractivity contribution in [2.45, 2.75) is 44.7 Å². The first kappa shape index (κ1) is 23.7. The summed E-state index contributed by atoms with van der Waals surface area (Å²) >= 11 is 0. The van der Waals surface area contributed by atoms with E-state index in [1.54, 1.807) is 28.1 Å². The lowest BCUT2D eigenvalue weighted by molar-refractivity contribution is -0.138. The van der Waals surface area contributed by atoms with Gasteiger partial charge in [0.2, 0.25) is 5.88 Å². The van der Waals surface area contributed by atoms with Gasteiger partial charge in [0.05, 0.1) is 19.6 Å². The number of nitrogens with zero attached hydrogens (tertiary/aromatic N) is 4. The third-order valence-corrected chi connectivity index (χ3v) is 6.47. The SMILES string of the molecule is COc1ccc([C@H](CC(=O)O)N2CCN(CCCc3nc4c(cc3CN)CCCN4)C2=O)cn1. The topological polar surface area (TPSA) is 134 Å². The number of carboxylic acids is 1. The molecule has 0 aliphatic carbocycles. The predicted octanol–water partition coefficient (Wildman–Crippen LogP) is 2.19. The number of anilines is 1. The molecule has 2 amide bonds. The third kappa shape index (κ3) is 5.22. The van der Waals surface area contributed by atoms with Crippen LogP contribution in [0.25, 0.3) is 0 Å². The number of amides is 2. The number of nitrogens with two attached hydrogens (primary N) is 1. The Balaban J connectivity index is 1.40. The van der Waals surface area contributed by atoms with Crippen molar-refractivity contribution in [2.24, 2.45) is 5.73 Å². The fraction of sp³-hybridized carbons (Fsp3) is 0.500. The molecule has 0 radical (unpaired) electrons. The van der Waals surface area contributed by atoms with Crippen LogP contribution in [0.5, 0.6) is 5.88 Å². The molecule has 2 aromatic heterocycles. The van der Waals surface area contributed by atoms with E-state index in [4.69, 9.17) is 15.5 Å². The van der Waals surface area contributed by atoms with Gasteiger partial charge in [-0.1, -0.05) is 6.07 Å². The van der Waals surface area contributed by atoms with Crippen LogP contribution in [0.1, 0.15) is 47.7 Å². The number of hydrogen-bond acceptors (Lipinski definition) is 7. The van der Waals surface area contributed by atoms with Gasteiger partial charge in [0.15, 0.2) is 0 Å². The van der Waals surface area contributed by atoms with E-state index < -0.39 is 12.0 Å². The van der Waals surface area contributed by atoms with E-state index in [2.05, 4.69) is 16.4 Å². The second-order valence-electron chi connectivity index (χ2n) is 8.65. The molecule has 4 N–H and O–H groups in total. The normalized spacial score (nSPS) is 16.2. The number of ether oxygens (including phenoxy) is 1. The lowest BCUT2D eigenvalue weighted by Gasteiger charge is -2.27. The molecule has 1 saturated heterocycles. The van der Waals surface area contributed by atoms with Gasteiger partial charge in [-0.05, 0) is 48.4 Å². The van der Waals surface area contributed by atoms with Gasteiger partial charge in [0.25, 0.3) is 0 Å². The third-order valence-electron chi connectivity index (χ3n) is 6.47. The van der Waals surface area contributed by atoms with E-state index in [-0.39, 0.29) is 12.5 Å². The largest absolute Gasteiger partial charge is 0.481 e. The van der Waals surface area contributed by atoms with Crippen LogP contribution >= 0.6 is 0 Å². The first-order chi connectivity index (χ1) is 16.5. The number of nitrogens with one attached hydrogen (secondary N) is 1. The van der Waals surface area contributed by atoms with E-state index >= 15 is 0 Å². The average molecular weight is 469 g/mol. The summed E-state index contributed by atoms with van der Waals surface area (Å²) in [6.07, 6.45) is 4.99. The fourth-order valence-electron chi connectivity index (χ4n) is 4.68. The maximum atomic E-state index is 13.2. The highest BCUT2D eigenvalue weighted by atomic mass is 16.5. The van der Waals surface area contributed by atoms with E-state index in [1.807, 2.05) is 0 Å². The van der Waals surface area contributed by atoms with Crippen molar-refractivity contribution in [1.29, 1.82) is 0 Å². The quantitative estimate of drug-likeness (QED) is 0.483. The summed E-state index contributed by atoms with van der Waals surface area (Å²) in [5.41, 5.74) is 9.91. The number of rotatable bonds is 10. The van der Waals surface area contributed by atoms with Crippen molar-refractivity contribution in [3.63, 3.8) is 0 Å². The number of pyridine rings is 2. The Morgan fingerprint density at radius 3 is 2.91 bits per heavy atom. The average Bonchev–Trinajstić information content (AvgIpc) is 3.21. The minimum absolute atomic E-state index is 0.152. The zero-order chi connectivity index (χ0) is 24.1. The van der Waals surface area contributed by atoms with Crippen LogP contribution in [0.4, 0.5) is 10.6 Å². The maximum absolute atomic E-state index is 13.2. The van der Waals surface area contributed by atoms with Crippen LogP contribution < -0.4 is 15.8 Å². The molecule has 0 bridgehead atoms. The monoisotopic (exact) mass is 468 g/mol. The zero-order valence-electron chi connectivity index (χ0n) is 19.5. The van der Waals surface area contributed by atoms with Gasteiger partial charge in [-0.15, -0.1) is 0 Å². The molecular weight excluding hydrogens is 436 g/mol. The minimum atomic E-state index is -0.964. The molecule has 1 fully saturated rings. The van der Waals surface area contributed by atoms with Crippen molar-refractivity contribution in [1.82, 2.24) is 19.8 Å². The van der Waals surface area contributed by atoms with Gasteiger partial charge in [0.1, 0.15) is 5.82 Å². The van der Waals surface area contributed by atoms with Crippen LogP contribution in [0.2, 0.25) is 0 Å². The zero-order valence-corrected chi connectivity index (χ0v) is 19.5. The van der Waals surface area contributed by atoms with Crippen molar-refractivity contribution >= 4 is 17.8 Å². The van der Waals surface area contributed by atoms with Gasteiger partial charge in [0, 0.05) is 50.7 Å². The molecule has 2 aliphatic heterocycles. The van der Waals surface area contributed by atoms with Crippen molar-refractivity contribution in [3.8, 4) is 5.88 Å². The number of fused-ring (bicyclic) bond motifs is 1. The highest BCUT2D eigenvalue weighted by Crippen LogP contribution is 2.29. The van der Waals surface area contributed by atoms with Crippen LogP contribution in [0.3, 0.4) is 0 Å². The first-order valence-corrected chi connectivity index (χ1v) is 11.7. The highest BCUT2D eigenvalue weighted by molar-refractivity contribution is 5.78. The number of carbonyl (C=O) groups is 2. The molecule has 2 aliphatic rings. The molecule has 4 rings (SSSR count). The first-order valence-electron chi connectivity index (χ1n) is 11.7. The Labute approximate surface area is 199 Å². The van der Waals surface area contributed by atoms with E-state index in [1.165, 1.54) is 12.7 Å². The lowest BCUT2D eigenvalue weighted by Crippen LogP contribution is -2.36. The summed E-state index contributed by atoms with van der Waals surface area (Å²) in [5, 5.41) is 12.8. The number of aromatic nitrogens is 2. The molecule has 0 aromatic carbocycles. The number of urea groups is 1. The number of hydrogen-bond donors (Lipinski definition) is 3. The molecule has 0 unspecified atom stereocenters. The molecule has 0 spiro atoms. The lowest BCUT2D eigenvalue weighted by atomic mass is 10.0. The summed E-state index contributed by atoms with van der Waals surface area (Å²) in [7, 11) is 1.52. The van der Waals surface area contributed by atoms with Gasteiger partial charge in [-0.3, -0.25) is 4.79 Å². The van der Waals surface area contributed by atoms with E-state index in [0.717, 1.165) is 49.3 Å². The number of aliphatic carboxylic acids is 1. The van der Waals surface area contributed by atoms with Crippen molar-refractivity contribution in [2.75, 3.05) is 38.6 Å². The van der Waals surface area contributed by atoms with Crippen molar-refractivity contribution in [3.05, 3.63) is 46.8 Å². The summed E-state index contributed by atoms with van der Waals surface area (Å²) in [5.74, 6) is 0.426. The second kappa shape index (κ2) is 10.7. The Kier molecular flexibility index (Phi) is 7.46. The Morgan fingerprint density at radius 2 is 2.21 bits per heavy atom. The number of aryl methyl sites for hydroxylation is 2. The van der Waals surface area contributed by atoms with Gasteiger partial charge >= 0.3 is 12.0 Å². The molecule has 2 aromatic rings. The summed E-state index contributed by atoms with van der Waals surface area (Å²) in [6, 6.07) is 4.87. The van der Waals surface area contributed by atoms with Crippen molar-refractivity contribution < 1.29 is 19.4 Å². The smallest absolute Gasteiger partial charge is 0.320 e. The molecule has 34 heavy (non-hydrogen) atoms. The second-order valence-corrected chi connectivity index (χ2v) is 8.65. The molecular formula is C24H32N6O4. The fourth-order valence-corrected chi connectivity index (χ4v) is 4.68. The predicted molar refractivity (Wildman–Crippen MR) is 127 cm³/mol. The molecule has 0 saturated carbocycles. The van der Waals surface area contributed by atoms with Crippen LogP contribution in [-0.2, 0) is 24.2 Å². The van der Waals surface area contributed by atoms with E-state index in [9.17, 15) is 14.7 Å². The van der Waals surface area contributed by atoms with Crippen LogP contribution in [0.15, 0.2) is 24.4 Å². The Hall–Kier alpha value is -3.40. The highest BCUT2D eigenvalue weighted by Gasteiger charge is 2.35. The van der Waals surface area contributed by atoms with Gasteiger partial charge < -0.3 is 30.7 Å². The number of carboxylic acid groups (broad SMARTS) is 1. The summed E-state index contributed by atoms with van der Waals surface area (Å²) in [4.78, 5) is 37.1. The molecule has 1 atom stereocenters. The number of methoxy groups -OCH3 is 1. The van der Waals surface area contributed by atoms with Crippen LogP contribution in [-0.4, -0.2) is 70.2 Å². The van der Waals surface area contributed by atoms with Gasteiger partial charge in [-0.25, -0.2) is 14.8 Å². The number of carbonyl (C=O) groups excluding carboxylic acids is 1. The standard InChI is InChI=1S/C24H32N6O4/c1-34-21-7-6-17(15-27-21)20(13-22(31)32)30-11-10-29(24(30)33)9-3-5-19-18(14-25)12-16-4-2-8-26-23(16)28-19/h6-7,12,15,20H,2-5,8-11,13-14,25H2,1H3,(H,26,28)(H,31,32)/t20-/m0/s1. The van der Waals surface area contributed by atoms with Gasteiger partial charge in [-0.2, -0.15) is 0 Å². The Morgan fingerprint density at radius 1 is 1.35 bits per heavy atom. The van der Waals surface area contributed by atoms with E-state index in [0.29, 0.717) is 37.6 Å². The molecule has 10 heteroatoms. The minimum Gasteiger partial charge on any atom is -0.481 e. The Bertz CT molecular complexity index is 1030. The maximum Gasteiger partial charge on any atom is 0.320 e. The summed E-state index contributed by atoms with van der Waals surface area (Å²) < 4.78 is 5.09. The molecule has 10 nitrogen and oxygen atoms in total. The molecule has 182 valence electrons. The molecule has 4 heterocycles. The summed E-state index contributed by atoms with van der Waals surface area (Å²) in [6.45, 7) is 2.98. The van der Waals surface area contributed by atoms with Crippen LogP contribution in [0, 0.1) is 0 Å².